The van der Waals surface area contributed by atoms with Crippen molar-refractivity contribution in [2.24, 2.45) is 5.73 Å². The van der Waals surface area contributed by atoms with Gasteiger partial charge in [0.2, 0.25) is 0 Å². The molecule has 0 aliphatic carbocycles. The van der Waals surface area contributed by atoms with Gasteiger partial charge in [-0.25, -0.2) is 4.39 Å². The van der Waals surface area contributed by atoms with Gasteiger partial charge in [0.05, 0.1) is 31.4 Å². The summed E-state index contributed by atoms with van der Waals surface area (Å²) in [4.78, 5) is 0. The van der Waals surface area contributed by atoms with Crippen LogP contribution in [0.5, 0.6) is 0 Å². The van der Waals surface area contributed by atoms with Crippen molar-refractivity contribution in [3.05, 3.63) is 35.1 Å². The van der Waals surface area contributed by atoms with Crippen molar-refractivity contribution in [1.82, 2.24) is 0 Å². The zero-order chi connectivity index (χ0) is 13.5. The summed E-state index contributed by atoms with van der Waals surface area (Å²) in [5.41, 5.74) is 6.55. The van der Waals surface area contributed by atoms with Crippen molar-refractivity contribution >= 4 is 0 Å². The molecule has 0 amide bonds. The summed E-state index contributed by atoms with van der Waals surface area (Å²) >= 11 is 0. The molecule has 2 N–H and O–H groups in total. The van der Waals surface area contributed by atoms with Gasteiger partial charge in [-0.05, 0) is 30.5 Å². The van der Waals surface area contributed by atoms with Gasteiger partial charge < -0.3 is 15.2 Å². The van der Waals surface area contributed by atoms with E-state index in [1.54, 1.807) is 12.1 Å². The van der Waals surface area contributed by atoms with E-state index in [1.165, 1.54) is 6.07 Å². The zero-order valence-electron chi connectivity index (χ0n) is 10.8. The Morgan fingerprint density at radius 3 is 3.11 bits per heavy atom. The summed E-state index contributed by atoms with van der Waals surface area (Å²) in [5.74, 6) is 5.03. The molecule has 102 valence electrons. The SMILES string of the molecule is NCC#Cc1cc(COCC2CCCO2)ccc1F. The van der Waals surface area contributed by atoms with Crippen LogP contribution < -0.4 is 5.73 Å². The first-order valence-electron chi connectivity index (χ1n) is 6.46. The number of halogens is 1. The van der Waals surface area contributed by atoms with Crippen molar-refractivity contribution in [3.8, 4) is 11.8 Å². The highest BCUT2D eigenvalue weighted by Crippen LogP contribution is 2.14. The fourth-order valence-electron chi connectivity index (χ4n) is 1.99. The van der Waals surface area contributed by atoms with E-state index in [-0.39, 0.29) is 18.5 Å². The maximum Gasteiger partial charge on any atom is 0.138 e. The zero-order valence-corrected chi connectivity index (χ0v) is 10.8. The molecule has 1 saturated heterocycles. The van der Waals surface area contributed by atoms with Crippen LogP contribution in [0.1, 0.15) is 24.0 Å². The highest BCUT2D eigenvalue weighted by Gasteiger charge is 2.15. The summed E-state index contributed by atoms with van der Waals surface area (Å²) in [5, 5.41) is 0. The topological polar surface area (TPSA) is 44.5 Å². The van der Waals surface area contributed by atoms with Crippen molar-refractivity contribution in [1.29, 1.82) is 0 Å². The van der Waals surface area contributed by atoms with E-state index < -0.39 is 0 Å². The van der Waals surface area contributed by atoms with E-state index >= 15 is 0 Å². The predicted molar refractivity (Wildman–Crippen MR) is 71.0 cm³/mol. The second-order valence-electron chi connectivity index (χ2n) is 4.47. The fraction of sp³-hybridized carbons (Fsp3) is 0.467. The van der Waals surface area contributed by atoms with Crippen LogP contribution in [-0.2, 0) is 16.1 Å². The second kappa shape index (κ2) is 7.25. The van der Waals surface area contributed by atoms with Gasteiger partial charge in [0, 0.05) is 6.61 Å². The molecule has 1 fully saturated rings. The molecule has 3 nitrogen and oxygen atoms in total. The molecule has 0 spiro atoms. The van der Waals surface area contributed by atoms with Gasteiger partial charge in [0.25, 0.3) is 0 Å². The molecule has 1 aromatic rings. The first-order valence-corrected chi connectivity index (χ1v) is 6.46. The van der Waals surface area contributed by atoms with Gasteiger partial charge in [-0.15, -0.1) is 0 Å². The van der Waals surface area contributed by atoms with Gasteiger partial charge >= 0.3 is 0 Å². The Kier molecular flexibility index (Phi) is 5.34. The molecular formula is C15H18FNO2. The van der Waals surface area contributed by atoms with Crippen molar-refractivity contribution in [2.45, 2.75) is 25.6 Å². The van der Waals surface area contributed by atoms with Gasteiger partial charge in [-0.1, -0.05) is 17.9 Å². The minimum atomic E-state index is -0.330. The number of ether oxygens (including phenoxy) is 2. The van der Waals surface area contributed by atoms with Crippen LogP contribution in [0.15, 0.2) is 18.2 Å². The van der Waals surface area contributed by atoms with Crippen LogP contribution in [0.4, 0.5) is 4.39 Å². The lowest BCUT2D eigenvalue weighted by molar-refractivity contribution is 0.0106. The summed E-state index contributed by atoms with van der Waals surface area (Å²) in [7, 11) is 0. The summed E-state index contributed by atoms with van der Waals surface area (Å²) in [6, 6.07) is 4.82. The van der Waals surface area contributed by atoms with Gasteiger partial charge in [0.15, 0.2) is 0 Å². The molecular weight excluding hydrogens is 245 g/mol. The lowest BCUT2D eigenvalue weighted by atomic mass is 10.1. The van der Waals surface area contributed by atoms with Crippen LogP contribution >= 0.6 is 0 Å². The number of nitrogens with two attached hydrogens (primary N) is 1. The average Bonchev–Trinajstić information content (AvgIpc) is 2.92. The average molecular weight is 263 g/mol. The Labute approximate surface area is 112 Å². The Balaban J connectivity index is 1.89. The maximum absolute atomic E-state index is 13.5. The minimum absolute atomic E-state index is 0.206. The number of rotatable bonds is 4. The molecule has 0 aromatic heterocycles. The molecule has 0 saturated carbocycles. The first-order chi connectivity index (χ1) is 9.29. The second-order valence-corrected chi connectivity index (χ2v) is 4.47. The molecule has 2 rings (SSSR count). The molecule has 1 unspecified atom stereocenters. The third-order valence-electron chi connectivity index (χ3n) is 2.95. The Bertz CT molecular complexity index is 473. The van der Waals surface area contributed by atoms with Crippen LogP contribution in [0.2, 0.25) is 0 Å². The molecule has 1 aliphatic heterocycles. The van der Waals surface area contributed by atoms with Crippen LogP contribution in [0.25, 0.3) is 0 Å². The predicted octanol–water partition coefficient (Wildman–Crippen LogP) is 1.83. The van der Waals surface area contributed by atoms with Gasteiger partial charge in [-0.3, -0.25) is 0 Å². The molecule has 0 bridgehead atoms. The van der Waals surface area contributed by atoms with Crippen molar-refractivity contribution in [2.75, 3.05) is 19.8 Å². The lowest BCUT2D eigenvalue weighted by Gasteiger charge is -2.10. The monoisotopic (exact) mass is 263 g/mol. The highest BCUT2D eigenvalue weighted by atomic mass is 19.1. The van der Waals surface area contributed by atoms with Gasteiger partial charge in [0.1, 0.15) is 5.82 Å². The van der Waals surface area contributed by atoms with E-state index in [4.69, 9.17) is 15.2 Å². The summed E-state index contributed by atoms with van der Waals surface area (Å²) < 4.78 is 24.5. The van der Waals surface area contributed by atoms with E-state index in [2.05, 4.69) is 11.8 Å². The normalized spacial score (nSPS) is 18.1. The van der Waals surface area contributed by atoms with E-state index in [9.17, 15) is 4.39 Å². The van der Waals surface area contributed by atoms with Crippen LogP contribution in [-0.4, -0.2) is 25.9 Å². The molecule has 1 atom stereocenters. The molecule has 1 heterocycles. The fourth-order valence-corrected chi connectivity index (χ4v) is 1.99. The molecule has 0 radical (unpaired) electrons. The molecule has 19 heavy (non-hydrogen) atoms. The Morgan fingerprint density at radius 1 is 1.47 bits per heavy atom. The van der Waals surface area contributed by atoms with Crippen molar-refractivity contribution in [3.63, 3.8) is 0 Å². The summed E-state index contributed by atoms with van der Waals surface area (Å²) in [6.07, 6.45) is 2.36. The molecule has 1 aliphatic rings. The highest BCUT2D eigenvalue weighted by molar-refractivity contribution is 5.38. The molecule has 4 heteroatoms. The third kappa shape index (κ3) is 4.32. The van der Waals surface area contributed by atoms with Crippen LogP contribution in [0.3, 0.4) is 0 Å². The van der Waals surface area contributed by atoms with Crippen LogP contribution in [0, 0.1) is 17.7 Å². The summed E-state index contributed by atoms with van der Waals surface area (Å²) in [6.45, 7) is 2.07. The minimum Gasteiger partial charge on any atom is -0.376 e. The Morgan fingerprint density at radius 2 is 2.37 bits per heavy atom. The lowest BCUT2D eigenvalue weighted by Crippen LogP contribution is -2.13. The van der Waals surface area contributed by atoms with E-state index in [0.717, 1.165) is 25.0 Å². The smallest absolute Gasteiger partial charge is 0.138 e. The standard InChI is InChI=1S/C15H18FNO2/c16-15-6-5-12(9-13(15)3-1-7-17)10-18-11-14-4-2-8-19-14/h5-6,9,14H,2,4,7-8,10-11,17H2. The number of hydrogen-bond donors (Lipinski definition) is 1. The Hall–Kier alpha value is -1.41. The largest absolute Gasteiger partial charge is 0.376 e. The molecule has 1 aromatic carbocycles. The number of hydrogen-bond acceptors (Lipinski definition) is 3. The third-order valence-corrected chi connectivity index (χ3v) is 2.95. The van der Waals surface area contributed by atoms with Gasteiger partial charge in [-0.2, -0.15) is 0 Å². The quantitative estimate of drug-likeness (QED) is 0.843. The number of benzene rings is 1. The van der Waals surface area contributed by atoms with Crippen molar-refractivity contribution < 1.29 is 13.9 Å². The maximum atomic E-state index is 13.5. The van der Waals surface area contributed by atoms with E-state index in [1.807, 2.05) is 0 Å². The van der Waals surface area contributed by atoms with E-state index in [0.29, 0.717) is 18.8 Å². The first kappa shape index (κ1) is 14.0.